The number of aryl methyl sites for hydroxylation is 1. The van der Waals surface area contributed by atoms with E-state index in [0.717, 1.165) is 37.2 Å². The molecule has 1 aromatic rings. The topological polar surface area (TPSA) is 29.5 Å². The van der Waals surface area contributed by atoms with Crippen molar-refractivity contribution >= 4 is 5.91 Å². The van der Waals surface area contributed by atoms with E-state index in [1.807, 2.05) is 43.0 Å². The summed E-state index contributed by atoms with van der Waals surface area (Å²) in [7, 11) is 0. The molecule has 110 valence electrons. The van der Waals surface area contributed by atoms with E-state index in [0.29, 0.717) is 6.42 Å². The molecule has 0 radical (unpaired) electrons. The lowest BCUT2D eigenvalue weighted by Gasteiger charge is -2.26. The molecule has 1 amide bonds. The Morgan fingerprint density at radius 1 is 1.25 bits per heavy atom. The van der Waals surface area contributed by atoms with Crippen LogP contribution in [0.3, 0.4) is 0 Å². The molecule has 0 N–H and O–H groups in total. The minimum absolute atomic E-state index is 0.149. The van der Waals surface area contributed by atoms with Crippen LogP contribution < -0.4 is 4.74 Å². The second-order valence-electron chi connectivity index (χ2n) is 5.57. The standard InChI is InChI=1S/C17H25NO2/c1-3-16(20-15-10-8-9-14(2)13-15)17(19)18-11-6-4-5-7-12-18/h8-10,13,16H,3-7,11-12H2,1-2H3/t16-/m0/s1. The zero-order chi connectivity index (χ0) is 14.4. The SMILES string of the molecule is CC[C@H](Oc1cccc(C)c1)C(=O)N1CCCCCC1. The van der Waals surface area contributed by atoms with Gasteiger partial charge in [-0.15, -0.1) is 0 Å². The number of ether oxygens (including phenoxy) is 1. The van der Waals surface area contributed by atoms with E-state index < -0.39 is 0 Å². The number of rotatable bonds is 4. The van der Waals surface area contributed by atoms with E-state index in [9.17, 15) is 4.79 Å². The Kier molecular flexibility index (Phi) is 5.45. The fraction of sp³-hybridized carbons (Fsp3) is 0.588. The molecule has 0 bridgehead atoms. The minimum Gasteiger partial charge on any atom is -0.481 e. The number of amides is 1. The van der Waals surface area contributed by atoms with Gasteiger partial charge in [0.15, 0.2) is 6.10 Å². The highest BCUT2D eigenvalue weighted by Crippen LogP contribution is 2.18. The summed E-state index contributed by atoms with van der Waals surface area (Å²) < 4.78 is 5.91. The van der Waals surface area contributed by atoms with E-state index in [2.05, 4.69) is 0 Å². The lowest BCUT2D eigenvalue weighted by molar-refractivity contribution is -0.138. The Morgan fingerprint density at radius 2 is 1.95 bits per heavy atom. The van der Waals surface area contributed by atoms with Crippen molar-refractivity contribution in [2.45, 2.75) is 52.1 Å². The third-order valence-electron chi connectivity index (χ3n) is 3.83. The lowest BCUT2D eigenvalue weighted by atomic mass is 10.2. The van der Waals surface area contributed by atoms with Gasteiger partial charge < -0.3 is 9.64 Å². The fourth-order valence-corrected chi connectivity index (χ4v) is 2.66. The highest BCUT2D eigenvalue weighted by atomic mass is 16.5. The van der Waals surface area contributed by atoms with Crippen LogP contribution in [0.25, 0.3) is 0 Å². The van der Waals surface area contributed by atoms with E-state index >= 15 is 0 Å². The number of hydrogen-bond donors (Lipinski definition) is 0. The van der Waals surface area contributed by atoms with Crippen LogP contribution in [0.1, 0.15) is 44.6 Å². The van der Waals surface area contributed by atoms with Crippen molar-refractivity contribution in [2.75, 3.05) is 13.1 Å². The Bertz CT molecular complexity index is 436. The molecule has 0 aliphatic carbocycles. The van der Waals surface area contributed by atoms with E-state index in [1.54, 1.807) is 0 Å². The minimum atomic E-state index is -0.352. The molecule has 1 aliphatic rings. The molecule has 3 nitrogen and oxygen atoms in total. The number of carbonyl (C=O) groups excluding carboxylic acids is 1. The second kappa shape index (κ2) is 7.32. The molecule has 3 heteroatoms. The Labute approximate surface area is 121 Å². The van der Waals surface area contributed by atoms with Crippen molar-refractivity contribution in [3.8, 4) is 5.75 Å². The van der Waals surface area contributed by atoms with E-state index in [1.165, 1.54) is 12.8 Å². The fourth-order valence-electron chi connectivity index (χ4n) is 2.66. The summed E-state index contributed by atoms with van der Waals surface area (Å²) >= 11 is 0. The summed E-state index contributed by atoms with van der Waals surface area (Å²) in [5, 5.41) is 0. The number of likely N-dealkylation sites (tertiary alicyclic amines) is 1. The van der Waals surface area contributed by atoms with Gasteiger partial charge in [0, 0.05) is 13.1 Å². The monoisotopic (exact) mass is 275 g/mol. The van der Waals surface area contributed by atoms with Crippen LogP contribution in [0.15, 0.2) is 24.3 Å². The number of benzene rings is 1. The number of carbonyl (C=O) groups is 1. The van der Waals surface area contributed by atoms with Crippen LogP contribution in [0.5, 0.6) is 5.75 Å². The maximum atomic E-state index is 12.6. The van der Waals surface area contributed by atoms with E-state index in [4.69, 9.17) is 4.74 Å². The third kappa shape index (κ3) is 3.99. The molecule has 1 heterocycles. The van der Waals surface area contributed by atoms with Gasteiger partial charge in [0.25, 0.3) is 5.91 Å². The van der Waals surface area contributed by atoms with Crippen molar-refractivity contribution in [3.63, 3.8) is 0 Å². The highest BCUT2D eigenvalue weighted by Gasteiger charge is 2.25. The molecule has 1 saturated heterocycles. The molecule has 1 aliphatic heterocycles. The van der Waals surface area contributed by atoms with Gasteiger partial charge in [-0.25, -0.2) is 0 Å². The maximum absolute atomic E-state index is 12.6. The molecule has 1 atom stereocenters. The molecule has 0 saturated carbocycles. The predicted molar refractivity (Wildman–Crippen MR) is 80.9 cm³/mol. The zero-order valence-corrected chi connectivity index (χ0v) is 12.6. The third-order valence-corrected chi connectivity index (χ3v) is 3.83. The summed E-state index contributed by atoms with van der Waals surface area (Å²) in [4.78, 5) is 14.6. The van der Waals surface area contributed by atoms with Crippen molar-refractivity contribution in [1.29, 1.82) is 0 Å². The summed E-state index contributed by atoms with van der Waals surface area (Å²) in [6.07, 6.45) is 5.07. The van der Waals surface area contributed by atoms with Crippen LogP contribution in [0, 0.1) is 6.92 Å². The van der Waals surface area contributed by atoms with Gasteiger partial charge in [0.1, 0.15) is 5.75 Å². The first-order chi connectivity index (χ1) is 9.70. The first-order valence-corrected chi connectivity index (χ1v) is 7.73. The van der Waals surface area contributed by atoms with Crippen LogP contribution in [-0.4, -0.2) is 30.0 Å². The summed E-state index contributed by atoms with van der Waals surface area (Å²) in [6, 6.07) is 7.90. The zero-order valence-electron chi connectivity index (χ0n) is 12.6. The summed E-state index contributed by atoms with van der Waals surface area (Å²) in [5.41, 5.74) is 1.15. The average Bonchev–Trinajstić information content (AvgIpc) is 2.73. The first kappa shape index (κ1) is 14.9. The van der Waals surface area contributed by atoms with Gasteiger partial charge in [-0.3, -0.25) is 4.79 Å². The molecule has 0 aromatic heterocycles. The maximum Gasteiger partial charge on any atom is 0.263 e. The normalized spacial score (nSPS) is 17.4. The molecule has 1 fully saturated rings. The second-order valence-corrected chi connectivity index (χ2v) is 5.57. The summed E-state index contributed by atoms with van der Waals surface area (Å²) in [6.45, 7) is 5.81. The predicted octanol–water partition coefficient (Wildman–Crippen LogP) is 3.56. The largest absolute Gasteiger partial charge is 0.481 e. The number of nitrogens with zero attached hydrogens (tertiary/aromatic N) is 1. The van der Waals surface area contributed by atoms with Gasteiger partial charge in [-0.2, -0.15) is 0 Å². The van der Waals surface area contributed by atoms with E-state index in [-0.39, 0.29) is 12.0 Å². The van der Waals surface area contributed by atoms with Crippen LogP contribution >= 0.6 is 0 Å². The highest BCUT2D eigenvalue weighted by molar-refractivity contribution is 5.81. The van der Waals surface area contributed by atoms with Gasteiger partial charge in [0.05, 0.1) is 0 Å². The summed E-state index contributed by atoms with van der Waals surface area (Å²) in [5.74, 6) is 0.941. The van der Waals surface area contributed by atoms with Crippen LogP contribution in [-0.2, 0) is 4.79 Å². The molecule has 0 spiro atoms. The molecule has 20 heavy (non-hydrogen) atoms. The molecular formula is C17H25NO2. The van der Waals surface area contributed by atoms with Crippen molar-refractivity contribution < 1.29 is 9.53 Å². The van der Waals surface area contributed by atoms with Gasteiger partial charge in [-0.1, -0.05) is 31.9 Å². The number of hydrogen-bond acceptors (Lipinski definition) is 2. The van der Waals surface area contributed by atoms with Crippen molar-refractivity contribution in [2.24, 2.45) is 0 Å². The molecule has 2 rings (SSSR count). The lowest BCUT2D eigenvalue weighted by Crippen LogP contribution is -2.42. The molecule has 1 aromatic carbocycles. The van der Waals surface area contributed by atoms with Gasteiger partial charge in [0.2, 0.25) is 0 Å². The Balaban J connectivity index is 2.01. The van der Waals surface area contributed by atoms with Crippen molar-refractivity contribution in [1.82, 2.24) is 4.90 Å². The molecule has 0 unspecified atom stereocenters. The first-order valence-electron chi connectivity index (χ1n) is 7.73. The van der Waals surface area contributed by atoms with Gasteiger partial charge >= 0.3 is 0 Å². The van der Waals surface area contributed by atoms with Crippen molar-refractivity contribution in [3.05, 3.63) is 29.8 Å². The Hall–Kier alpha value is -1.51. The smallest absolute Gasteiger partial charge is 0.263 e. The van der Waals surface area contributed by atoms with Crippen LogP contribution in [0.2, 0.25) is 0 Å². The van der Waals surface area contributed by atoms with Crippen LogP contribution in [0.4, 0.5) is 0 Å². The average molecular weight is 275 g/mol. The quantitative estimate of drug-likeness (QED) is 0.841. The Morgan fingerprint density at radius 3 is 2.55 bits per heavy atom. The van der Waals surface area contributed by atoms with Gasteiger partial charge in [-0.05, 0) is 43.9 Å². The molecular weight excluding hydrogens is 250 g/mol.